The van der Waals surface area contributed by atoms with E-state index in [0.717, 1.165) is 24.5 Å². The largest absolute Gasteiger partial charge is 0.375 e. The number of ether oxygens (including phenoxy) is 1. The Hall–Kier alpha value is -2.67. The second-order valence-corrected chi connectivity index (χ2v) is 6.10. The van der Waals surface area contributed by atoms with Crippen LogP contribution in [-0.2, 0) is 22.6 Å². The lowest BCUT2D eigenvalue weighted by Gasteiger charge is -2.32. The van der Waals surface area contributed by atoms with E-state index in [-0.39, 0.29) is 24.1 Å². The van der Waals surface area contributed by atoms with Crippen LogP contribution in [0, 0.1) is 0 Å². The molecule has 0 radical (unpaired) electrons. The van der Waals surface area contributed by atoms with Crippen LogP contribution in [0.1, 0.15) is 12.5 Å². The fourth-order valence-electron chi connectivity index (χ4n) is 2.74. The number of nitrogens with one attached hydrogen (secondary N) is 1. The summed E-state index contributed by atoms with van der Waals surface area (Å²) < 4.78 is 6.91. The number of carbonyl (C=O) groups is 1. The average molecular weight is 342 g/mol. The molecular formula is C18H22N4O3. The van der Waals surface area contributed by atoms with E-state index in [9.17, 15) is 9.59 Å². The first-order valence-electron chi connectivity index (χ1n) is 8.35. The molecule has 0 aromatic carbocycles. The highest BCUT2D eigenvalue weighted by molar-refractivity contribution is 5.75. The quantitative estimate of drug-likeness (QED) is 0.869. The molecule has 1 aliphatic heterocycles. The fourth-order valence-corrected chi connectivity index (χ4v) is 2.74. The first kappa shape index (κ1) is 17.2. The van der Waals surface area contributed by atoms with Crippen LogP contribution in [0.2, 0.25) is 0 Å². The van der Waals surface area contributed by atoms with E-state index >= 15 is 0 Å². The van der Waals surface area contributed by atoms with Crippen LogP contribution in [0.3, 0.4) is 0 Å². The molecule has 0 spiro atoms. The Labute approximate surface area is 146 Å². The minimum Gasteiger partial charge on any atom is -0.375 e. The molecule has 0 saturated carbocycles. The molecule has 7 heteroatoms. The van der Waals surface area contributed by atoms with Gasteiger partial charge in [0.15, 0.2) is 0 Å². The summed E-state index contributed by atoms with van der Waals surface area (Å²) in [5.74, 6) is 0.709. The van der Waals surface area contributed by atoms with Crippen LogP contribution >= 0.6 is 0 Å². The van der Waals surface area contributed by atoms with Crippen molar-refractivity contribution in [1.29, 1.82) is 0 Å². The van der Waals surface area contributed by atoms with Crippen molar-refractivity contribution < 1.29 is 9.53 Å². The average Bonchev–Trinajstić information content (AvgIpc) is 2.62. The van der Waals surface area contributed by atoms with Crippen molar-refractivity contribution in [2.24, 2.45) is 0 Å². The summed E-state index contributed by atoms with van der Waals surface area (Å²) in [6, 6.07) is 8.73. The Morgan fingerprint density at radius 2 is 2.24 bits per heavy atom. The van der Waals surface area contributed by atoms with Gasteiger partial charge in [-0.1, -0.05) is 12.1 Å². The summed E-state index contributed by atoms with van der Waals surface area (Å²) in [5, 5.41) is 2.81. The second kappa shape index (κ2) is 7.94. The molecule has 1 N–H and O–H groups in total. The summed E-state index contributed by atoms with van der Waals surface area (Å²) in [5.41, 5.74) is 0.724. The SMILES string of the molecule is C[C@H]1CN(c2ccc(CNC(=O)Cn3ccccc3=O)cn2)CCO1. The fraction of sp³-hybridized carbons (Fsp3) is 0.389. The molecule has 2 aromatic rings. The molecule has 1 amide bonds. The van der Waals surface area contributed by atoms with Crippen LogP contribution in [0.15, 0.2) is 47.5 Å². The zero-order valence-corrected chi connectivity index (χ0v) is 14.2. The van der Waals surface area contributed by atoms with Gasteiger partial charge in [0.25, 0.3) is 5.56 Å². The Balaban J connectivity index is 1.52. The second-order valence-electron chi connectivity index (χ2n) is 6.10. The summed E-state index contributed by atoms with van der Waals surface area (Å²) in [6.45, 7) is 4.81. The molecule has 7 nitrogen and oxygen atoms in total. The van der Waals surface area contributed by atoms with Crippen molar-refractivity contribution in [3.05, 3.63) is 58.6 Å². The molecule has 1 atom stereocenters. The molecule has 0 bridgehead atoms. The van der Waals surface area contributed by atoms with E-state index in [1.807, 2.05) is 19.1 Å². The number of hydrogen-bond acceptors (Lipinski definition) is 5. The third-order valence-electron chi connectivity index (χ3n) is 4.08. The van der Waals surface area contributed by atoms with E-state index in [4.69, 9.17) is 4.74 Å². The third kappa shape index (κ3) is 4.67. The highest BCUT2D eigenvalue weighted by Crippen LogP contribution is 2.15. The molecule has 1 saturated heterocycles. The normalized spacial score (nSPS) is 17.3. The lowest BCUT2D eigenvalue weighted by Crippen LogP contribution is -2.41. The minimum atomic E-state index is -0.209. The van der Waals surface area contributed by atoms with Crippen molar-refractivity contribution in [1.82, 2.24) is 14.9 Å². The predicted molar refractivity (Wildman–Crippen MR) is 94.4 cm³/mol. The zero-order valence-electron chi connectivity index (χ0n) is 14.2. The maximum absolute atomic E-state index is 12.0. The number of rotatable bonds is 5. The highest BCUT2D eigenvalue weighted by Gasteiger charge is 2.17. The Morgan fingerprint density at radius 1 is 1.36 bits per heavy atom. The Bertz CT molecular complexity index is 772. The zero-order chi connectivity index (χ0) is 17.6. The lowest BCUT2D eigenvalue weighted by atomic mass is 10.2. The van der Waals surface area contributed by atoms with Gasteiger partial charge in [-0.25, -0.2) is 4.98 Å². The van der Waals surface area contributed by atoms with Crippen LogP contribution in [0.5, 0.6) is 0 Å². The molecule has 0 unspecified atom stereocenters. The van der Waals surface area contributed by atoms with Gasteiger partial charge in [-0.3, -0.25) is 9.59 Å². The van der Waals surface area contributed by atoms with E-state index < -0.39 is 0 Å². The molecule has 2 aromatic heterocycles. The summed E-state index contributed by atoms with van der Waals surface area (Å²) in [6.07, 6.45) is 3.57. The van der Waals surface area contributed by atoms with E-state index in [1.54, 1.807) is 24.5 Å². The monoisotopic (exact) mass is 342 g/mol. The van der Waals surface area contributed by atoms with Gasteiger partial charge in [0.1, 0.15) is 12.4 Å². The first-order chi connectivity index (χ1) is 12.1. The molecule has 3 rings (SSSR count). The molecule has 25 heavy (non-hydrogen) atoms. The van der Waals surface area contributed by atoms with Crippen molar-refractivity contribution in [2.75, 3.05) is 24.6 Å². The van der Waals surface area contributed by atoms with Gasteiger partial charge >= 0.3 is 0 Å². The number of hydrogen-bond donors (Lipinski definition) is 1. The molecule has 132 valence electrons. The molecule has 1 aliphatic rings. The van der Waals surface area contributed by atoms with Gasteiger partial charge in [-0.15, -0.1) is 0 Å². The topological polar surface area (TPSA) is 76.5 Å². The Kier molecular flexibility index (Phi) is 5.45. The predicted octanol–water partition coefficient (Wildman–Crippen LogP) is 0.785. The number of nitrogens with zero attached hydrogens (tertiary/aromatic N) is 3. The molecule has 0 aliphatic carbocycles. The van der Waals surface area contributed by atoms with Gasteiger partial charge in [-0.2, -0.15) is 0 Å². The number of carbonyl (C=O) groups excluding carboxylic acids is 1. The molecule has 3 heterocycles. The minimum absolute atomic E-state index is 0.0108. The first-order valence-corrected chi connectivity index (χ1v) is 8.35. The maximum Gasteiger partial charge on any atom is 0.250 e. The van der Waals surface area contributed by atoms with Crippen LogP contribution < -0.4 is 15.8 Å². The van der Waals surface area contributed by atoms with Crippen molar-refractivity contribution in [2.45, 2.75) is 26.1 Å². The summed E-state index contributed by atoms with van der Waals surface area (Å²) in [4.78, 5) is 30.2. The lowest BCUT2D eigenvalue weighted by molar-refractivity contribution is -0.121. The van der Waals surface area contributed by atoms with Gasteiger partial charge in [-0.05, 0) is 24.6 Å². The number of aromatic nitrogens is 2. The number of pyridine rings is 2. The van der Waals surface area contributed by atoms with Crippen molar-refractivity contribution >= 4 is 11.7 Å². The summed E-state index contributed by atoms with van der Waals surface area (Å²) in [7, 11) is 0. The van der Waals surface area contributed by atoms with Crippen LogP contribution in [0.4, 0.5) is 5.82 Å². The van der Waals surface area contributed by atoms with Gasteiger partial charge in [0.05, 0.1) is 12.7 Å². The molecular weight excluding hydrogens is 320 g/mol. The van der Waals surface area contributed by atoms with Crippen molar-refractivity contribution in [3.8, 4) is 0 Å². The smallest absolute Gasteiger partial charge is 0.250 e. The highest BCUT2D eigenvalue weighted by atomic mass is 16.5. The van der Waals surface area contributed by atoms with E-state index in [2.05, 4.69) is 15.2 Å². The third-order valence-corrected chi connectivity index (χ3v) is 4.08. The standard InChI is InChI=1S/C18H22N4O3/c1-14-12-21(8-9-25-14)16-6-5-15(10-19-16)11-20-17(23)13-22-7-3-2-4-18(22)24/h2-7,10,14H,8-9,11-13H2,1H3,(H,20,23)/t14-/m0/s1. The number of anilines is 1. The van der Waals surface area contributed by atoms with Gasteiger partial charge < -0.3 is 19.5 Å². The van der Waals surface area contributed by atoms with E-state index in [0.29, 0.717) is 13.2 Å². The Morgan fingerprint density at radius 3 is 2.96 bits per heavy atom. The number of morpholine rings is 1. The maximum atomic E-state index is 12.0. The van der Waals surface area contributed by atoms with Crippen LogP contribution in [0.25, 0.3) is 0 Å². The van der Waals surface area contributed by atoms with Crippen molar-refractivity contribution in [3.63, 3.8) is 0 Å². The van der Waals surface area contributed by atoms with Gasteiger partial charge in [0, 0.05) is 38.1 Å². The van der Waals surface area contributed by atoms with Gasteiger partial charge in [0.2, 0.25) is 5.91 Å². The van der Waals surface area contributed by atoms with E-state index in [1.165, 1.54) is 10.6 Å². The summed E-state index contributed by atoms with van der Waals surface area (Å²) >= 11 is 0. The van der Waals surface area contributed by atoms with Crippen LogP contribution in [-0.4, -0.2) is 41.3 Å². The molecule has 1 fully saturated rings. The number of amides is 1.